The summed E-state index contributed by atoms with van der Waals surface area (Å²) in [5.41, 5.74) is 8.85. The Kier molecular flexibility index (Phi) is 3.03. The van der Waals surface area contributed by atoms with Crippen LogP contribution in [0.15, 0.2) is 30.5 Å². The molecule has 2 aromatic rings. The number of hydrogen-bond acceptors (Lipinski definition) is 4. The predicted octanol–water partition coefficient (Wildman–Crippen LogP) is 1.96. The quantitative estimate of drug-likeness (QED) is 0.792. The highest BCUT2D eigenvalue weighted by Gasteiger charge is 2.22. The Morgan fingerprint density at radius 1 is 1.26 bits per heavy atom. The van der Waals surface area contributed by atoms with Gasteiger partial charge in [-0.1, -0.05) is 0 Å². The van der Waals surface area contributed by atoms with Crippen LogP contribution in [0.3, 0.4) is 0 Å². The van der Waals surface area contributed by atoms with Crippen LogP contribution in [0.1, 0.15) is 6.92 Å². The van der Waals surface area contributed by atoms with Crippen LogP contribution in [0, 0.1) is 0 Å². The largest absolute Gasteiger partial charge is 0.399 e. The lowest BCUT2D eigenvalue weighted by Crippen LogP contribution is -2.50. The fourth-order valence-electron chi connectivity index (χ4n) is 2.90. The molecule has 100 valence electrons. The van der Waals surface area contributed by atoms with E-state index in [1.54, 1.807) is 0 Å². The molecule has 2 heterocycles. The van der Waals surface area contributed by atoms with E-state index in [9.17, 15) is 0 Å². The Labute approximate surface area is 113 Å². The van der Waals surface area contributed by atoms with Crippen LogP contribution in [0.5, 0.6) is 0 Å². The second kappa shape index (κ2) is 4.70. The van der Waals surface area contributed by atoms with E-state index >= 15 is 0 Å². The summed E-state index contributed by atoms with van der Waals surface area (Å²) in [6, 6.07) is 8.61. The zero-order chi connectivity index (χ0) is 13.4. The van der Waals surface area contributed by atoms with Crippen molar-refractivity contribution in [3.05, 3.63) is 30.5 Å². The van der Waals surface area contributed by atoms with E-state index in [0.717, 1.165) is 30.8 Å². The molecule has 4 nitrogen and oxygen atoms in total. The van der Waals surface area contributed by atoms with Gasteiger partial charge in [0.25, 0.3) is 0 Å². The monoisotopic (exact) mass is 256 g/mol. The normalized spacial score (nSPS) is 20.9. The molecule has 1 unspecified atom stereocenters. The average Bonchev–Trinajstić information content (AvgIpc) is 2.38. The third-order valence-corrected chi connectivity index (χ3v) is 3.88. The summed E-state index contributed by atoms with van der Waals surface area (Å²) in [5, 5.41) is 1.19. The average molecular weight is 256 g/mol. The number of nitrogens with two attached hydrogens (primary N) is 1. The summed E-state index contributed by atoms with van der Waals surface area (Å²) in [4.78, 5) is 9.27. The first-order chi connectivity index (χ1) is 9.15. The van der Waals surface area contributed by atoms with Crippen molar-refractivity contribution in [2.45, 2.75) is 13.0 Å². The summed E-state index contributed by atoms with van der Waals surface area (Å²) >= 11 is 0. The second-order valence-corrected chi connectivity index (χ2v) is 5.41. The molecular formula is C15H20N4. The molecule has 19 heavy (non-hydrogen) atoms. The highest BCUT2D eigenvalue weighted by molar-refractivity contribution is 5.93. The standard InChI is InChI=1S/C15H20N4/c1-11-10-18(2)7-8-19(11)15-5-6-17-14-9-12(16)3-4-13(14)15/h3-6,9,11H,7-8,10,16H2,1-2H3. The van der Waals surface area contributed by atoms with Gasteiger partial charge in [0.1, 0.15) is 0 Å². The van der Waals surface area contributed by atoms with Crippen molar-refractivity contribution in [1.82, 2.24) is 9.88 Å². The van der Waals surface area contributed by atoms with Crippen molar-refractivity contribution in [3.8, 4) is 0 Å². The van der Waals surface area contributed by atoms with E-state index in [2.05, 4.69) is 40.9 Å². The van der Waals surface area contributed by atoms with Gasteiger partial charge in [0.2, 0.25) is 0 Å². The maximum Gasteiger partial charge on any atom is 0.0743 e. The fraction of sp³-hybridized carbons (Fsp3) is 0.400. The third kappa shape index (κ3) is 2.24. The number of piperazine rings is 1. The smallest absolute Gasteiger partial charge is 0.0743 e. The van der Waals surface area contributed by atoms with Gasteiger partial charge in [-0.2, -0.15) is 0 Å². The van der Waals surface area contributed by atoms with Crippen LogP contribution in [-0.4, -0.2) is 42.6 Å². The first kappa shape index (κ1) is 12.2. The number of anilines is 2. The molecule has 0 amide bonds. The molecule has 1 aliphatic heterocycles. The molecule has 0 bridgehead atoms. The van der Waals surface area contributed by atoms with E-state index in [1.165, 1.54) is 11.1 Å². The SMILES string of the molecule is CC1CN(C)CCN1c1ccnc2cc(N)ccc12. The maximum absolute atomic E-state index is 5.84. The number of fused-ring (bicyclic) bond motifs is 1. The van der Waals surface area contributed by atoms with Crippen molar-refractivity contribution in [1.29, 1.82) is 0 Å². The van der Waals surface area contributed by atoms with Crippen molar-refractivity contribution in [2.24, 2.45) is 0 Å². The van der Waals surface area contributed by atoms with Crippen LogP contribution in [0.25, 0.3) is 10.9 Å². The van der Waals surface area contributed by atoms with Gasteiger partial charge in [-0.25, -0.2) is 0 Å². The Bertz CT molecular complexity index is 596. The van der Waals surface area contributed by atoms with Gasteiger partial charge in [-0.05, 0) is 38.2 Å². The molecule has 2 N–H and O–H groups in total. The van der Waals surface area contributed by atoms with Crippen molar-refractivity contribution in [2.75, 3.05) is 37.3 Å². The van der Waals surface area contributed by atoms with Crippen LogP contribution < -0.4 is 10.6 Å². The van der Waals surface area contributed by atoms with E-state index in [1.807, 2.05) is 18.3 Å². The second-order valence-electron chi connectivity index (χ2n) is 5.41. The molecule has 1 fully saturated rings. The van der Waals surface area contributed by atoms with Gasteiger partial charge >= 0.3 is 0 Å². The zero-order valence-corrected chi connectivity index (χ0v) is 11.5. The van der Waals surface area contributed by atoms with Crippen LogP contribution in [-0.2, 0) is 0 Å². The Hall–Kier alpha value is -1.81. The highest BCUT2D eigenvalue weighted by atomic mass is 15.3. The number of benzene rings is 1. The van der Waals surface area contributed by atoms with Gasteiger partial charge in [-0.15, -0.1) is 0 Å². The molecule has 0 spiro atoms. The molecule has 3 rings (SSSR count). The minimum Gasteiger partial charge on any atom is -0.399 e. The first-order valence-electron chi connectivity index (χ1n) is 6.74. The van der Waals surface area contributed by atoms with E-state index in [-0.39, 0.29) is 0 Å². The lowest BCUT2D eigenvalue weighted by atomic mass is 10.1. The van der Waals surface area contributed by atoms with Gasteiger partial charge in [0, 0.05) is 48.6 Å². The lowest BCUT2D eigenvalue weighted by Gasteiger charge is -2.40. The summed E-state index contributed by atoms with van der Waals surface area (Å²) in [7, 11) is 2.18. The Balaban J connectivity index is 2.05. The Morgan fingerprint density at radius 3 is 2.89 bits per heavy atom. The number of aromatic nitrogens is 1. The van der Waals surface area contributed by atoms with Crippen molar-refractivity contribution >= 4 is 22.3 Å². The first-order valence-corrected chi connectivity index (χ1v) is 6.74. The van der Waals surface area contributed by atoms with Gasteiger partial charge in [0.15, 0.2) is 0 Å². The molecule has 0 aliphatic carbocycles. The molecular weight excluding hydrogens is 236 g/mol. The maximum atomic E-state index is 5.84. The summed E-state index contributed by atoms with van der Waals surface area (Å²) < 4.78 is 0. The molecule has 1 aromatic carbocycles. The zero-order valence-electron chi connectivity index (χ0n) is 11.5. The third-order valence-electron chi connectivity index (χ3n) is 3.88. The van der Waals surface area contributed by atoms with Crippen molar-refractivity contribution in [3.63, 3.8) is 0 Å². The number of rotatable bonds is 1. The van der Waals surface area contributed by atoms with Gasteiger partial charge in [-0.3, -0.25) is 4.98 Å². The van der Waals surface area contributed by atoms with Crippen LogP contribution in [0.2, 0.25) is 0 Å². The minimum atomic E-state index is 0.516. The molecule has 0 radical (unpaired) electrons. The molecule has 1 aliphatic rings. The highest BCUT2D eigenvalue weighted by Crippen LogP contribution is 2.29. The number of pyridine rings is 1. The molecule has 1 saturated heterocycles. The Morgan fingerprint density at radius 2 is 2.11 bits per heavy atom. The minimum absolute atomic E-state index is 0.516. The number of nitrogens with zero attached hydrogens (tertiary/aromatic N) is 3. The van der Waals surface area contributed by atoms with Gasteiger partial charge in [0.05, 0.1) is 5.52 Å². The van der Waals surface area contributed by atoms with Crippen LogP contribution in [0.4, 0.5) is 11.4 Å². The molecule has 0 saturated carbocycles. The summed E-state index contributed by atoms with van der Waals surface area (Å²) in [5.74, 6) is 0. The van der Waals surface area contributed by atoms with E-state index < -0.39 is 0 Å². The van der Waals surface area contributed by atoms with Crippen molar-refractivity contribution < 1.29 is 0 Å². The topological polar surface area (TPSA) is 45.4 Å². The number of likely N-dealkylation sites (N-methyl/N-ethyl adjacent to an activating group) is 1. The van der Waals surface area contributed by atoms with Crippen LogP contribution >= 0.6 is 0 Å². The summed E-state index contributed by atoms with van der Waals surface area (Å²) in [6.45, 7) is 5.53. The van der Waals surface area contributed by atoms with E-state index in [4.69, 9.17) is 5.73 Å². The summed E-state index contributed by atoms with van der Waals surface area (Å²) in [6.07, 6.45) is 1.88. The molecule has 1 aromatic heterocycles. The fourth-order valence-corrected chi connectivity index (χ4v) is 2.90. The molecule has 4 heteroatoms. The number of hydrogen-bond donors (Lipinski definition) is 1. The molecule has 1 atom stereocenters. The number of nitrogen functional groups attached to an aromatic ring is 1. The predicted molar refractivity (Wildman–Crippen MR) is 80.5 cm³/mol. The van der Waals surface area contributed by atoms with Gasteiger partial charge < -0.3 is 15.5 Å². The van der Waals surface area contributed by atoms with E-state index in [0.29, 0.717) is 6.04 Å². The lowest BCUT2D eigenvalue weighted by molar-refractivity contribution is 0.276.